The molecule has 0 fully saturated rings. The molecule has 2 heterocycles. The average Bonchev–Trinajstić information content (AvgIpc) is 3.05. The normalized spacial score (nSPS) is 10.5. The maximum Gasteiger partial charge on any atom is 0.266 e. The van der Waals surface area contributed by atoms with Gasteiger partial charge in [-0.3, -0.25) is 4.79 Å². The lowest BCUT2D eigenvalue weighted by Gasteiger charge is -2.08. The van der Waals surface area contributed by atoms with Crippen LogP contribution in [0, 0.1) is 13.8 Å². The second-order valence-corrected chi connectivity index (χ2v) is 7.52. The smallest absolute Gasteiger partial charge is 0.266 e. The molecule has 6 heteroatoms. The fraction of sp³-hybridized carbons (Fsp3) is 0.158. The highest BCUT2D eigenvalue weighted by atomic mass is 79.9. The Hall–Kier alpha value is -2.18. The summed E-state index contributed by atoms with van der Waals surface area (Å²) in [6.45, 7) is 4.52. The van der Waals surface area contributed by atoms with Crippen LogP contribution in [0.15, 0.2) is 52.4 Å². The molecule has 0 atom stereocenters. The van der Waals surface area contributed by atoms with E-state index in [0.717, 1.165) is 21.3 Å². The van der Waals surface area contributed by atoms with Crippen LogP contribution in [0.5, 0.6) is 5.75 Å². The predicted molar refractivity (Wildman–Crippen MR) is 104 cm³/mol. The van der Waals surface area contributed by atoms with Crippen LogP contribution in [-0.2, 0) is 6.61 Å². The van der Waals surface area contributed by atoms with Crippen molar-refractivity contribution in [2.24, 2.45) is 0 Å². The molecule has 0 aliphatic carbocycles. The van der Waals surface area contributed by atoms with Crippen LogP contribution >= 0.6 is 27.3 Å². The highest BCUT2D eigenvalue weighted by Crippen LogP contribution is 2.22. The first-order chi connectivity index (χ1) is 12.0. The lowest BCUT2D eigenvalue weighted by Crippen LogP contribution is -2.11. The number of carbonyl (C=O) groups excluding carboxylic acids is 1. The number of rotatable bonds is 5. The number of thiophene rings is 1. The Kier molecular flexibility index (Phi) is 5.50. The van der Waals surface area contributed by atoms with Gasteiger partial charge in [-0.15, -0.1) is 11.3 Å². The van der Waals surface area contributed by atoms with Crippen LogP contribution in [-0.4, -0.2) is 10.9 Å². The van der Waals surface area contributed by atoms with E-state index in [1.54, 1.807) is 12.3 Å². The van der Waals surface area contributed by atoms with E-state index in [0.29, 0.717) is 17.3 Å². The summed E-state index contributed by atoms with van der Waals surface area (Å²) in [6, 6.07) is 11.5. The number of anilines is 1. The number of nitrogens with one attached hydrogen (secondary N) is 1. The van der Waals surface area contributed by atoms with E-state index in [9.17, 15) is 4.79 Å². The number of carbonyl (C=O) groups is 1. The molecule has 0 aliphatic heterocycles. The Morgan fingerprint density at radius 2 is 2.08 bits per heavy atom. The predicted octanol–water partition coefficient (Wildman–Crippen LogP) is 5.35. The topological polar surface area (TPSA) is 51.2 Å². The van der Waals surface area contributed by atoms with E-state index in [-0.39, 0.29) is 5.91 Å². The number of aromatic nitrogens is 1. The first kappa shape index (κ1) is 17.6. The molecular weight excluding hydrogens is 400 g/mol. The summed E-state index contributed by atoms with van der Waals surface area (Å²) in [7, 11) is 0. The largest absolute Gasteiger partial charge is 0.489 e. The molecule has 1 aromatic carbocycles. The summed E-state index contributed by atoms with van der Waals surface area (Å²) in [5.41, 5.74) is 3.29. The van der Waals surface area contributed by atoms with E-state index in [1.807, 2.05) is 36.6 Å². The van der Waals surface area contributed by atoms with Crippen molar-refractivity contribution in [1.82, 2.24) is 4.98 Å². The molecule has 3 rings (SSSR count). The third-order valence-corrected chi connectivity index (χ3v) is 5.02. The number of aryl methyl sites for hydroxylation is 2. The van der Waals surface area contributed by atoms with Crippen LogP contribution in [0.2, 0.25) is 0 Å². The van der Waals surface area contributed by atoms with Gasteiger partial charge in [0.15, 0.2) is 0 Å². The van der Waals surface area contributed by atoms with Crippen molar-refractivity contribution in [2.45, 2.75) is 20.5 Å². The van der Waals surface area contributed by atoms with Gasteiger partial charge in [0.05, 0.1) is 4.88 Å². The Morgan fingerprint density at radius 1 is 1.24 bits per heavy atom. The van der Waals surface area contributed by atoms with E-state index in [1.165, 1.54) is 16.9 Å². The molecule has 0 radical (unpaired) electrons. The molecule has 0 aliphatic rings. The van der Waals surface area contributed by atoms with Gasteiger partial charge in [0.1, 0.15) is 18.2 Å². The third kappa shape index (κ3) is 4.67. The van der Waals surface area contributed by atoms with Crippen LogP contribution in [0.25, 0.3) is 0 Å². The number of ether oxygens (including phenoxy) is 1. The molecule has 1 N–H and O–H groups in total. The van der Waals surface area contributed by atoms with E-state index < -0.39 is 0 Å². The second kappa shape index (κ2) is 7.80. The number of halogens is 1. The zero-order valence-corrected chi connectivity index (χ0v) is 16.3. The number of hydrogen-bond donors (Lipinski definition) is 1. The van der Waals surface area contributed by atoms with Gasteiger partial charge in [0.25, 0.3) is 5.91 Å². The van der Waals surface area contributed by atoms with Crippen LogP contribution < -0.4 is 10.1 Å². The standard InChI is InChI=1S/C19H17BrN2O2S/c1-12-3-5-16(13(2)7-12)24-10-14-8-17(25-11-14)19(23)22-18-6-4-15(20)9-21-18/h3-9,11H,10H2,1-2H3,(H,21,22,23). The van der Waals surface area contributed by atoms with Gasteiger partial charge >= 0.3 is 0 Å². The van der Waals surface area contributed by atoms with Crippen molar-refractivity contribution in [3.8, 4) is 5.75 Å². The SMILES string of the molecule is Cc1ccc(OCc2csc(C(=O)Nc3ccc(Br)cn3)c2)c(C)c1. The summed E-state index contributed by atoms with van der Waals surface area (Å²) in [5.74, 6) is 1.22. The lowest BCUT2D eigenvalue weighted by atomic mass is 10.1. The number of amides is 1. The molecule has 128 valence electrons. The molecule has 0 unspecified atom stereocenters. The summed E-state index contributed by atoms with van der Waals surface area (Å²) in [6.07, 6.45) is 1.65. The molecule has 0 spiro atoms. The molecule has 4 nitrogen and oxygen atoms in total. The number of nitrogens with zero attached hydrogens (tertiary/aromatic N) is 1. The first-order valence-electron chi connectivity index (χ1n) is 7.71. The number of hydrogen-bond acceptors (Lipinski definition) is 4. The van der Waals surface area contributed by atoms with Crippen molar-refractivity contribution in [2.75, 3.05) is 5.32 Å². The second-order valence-electron chi connectivity index (χ2n) is 5.69. The van der Waals surface area contributed by atoms with Crippen molar-refractivity contribution in [1.29, 1.82) is 0 Å². The number of pyridine rings is 1. The number of benzene rings is 1. The molecule has 2 aromatic heterocycles. The maximum atomic E-state index is 12.3. The van der Waals surface area contributed by atoms with Crippen LogP contribution in [0.3, 0.4) is 0 Å². The molecule has 0 saturated carbocycles. The molecule has 0 bridgehead atoms. The highest BCUT2D eigenvalue weighted by Gasteiger charge is 2.11. The van der Waals surface area contributed by atoms with Crippen LogP contribution in [0.1, 0.15) is 26.4 Å². The van der Waals surface area contributed by atoms with Crippen molar-refractivity contribution in [3.05, 3.63) is 74.0 Å². The lowest BCUT2D eigenvalue weighted by molar-refractivity contribution is 0.103. The summed E-state index contributed by atoms with van der Waals surface area (Å²) in [4.78, 5) is 17.1. The van der Waals surface area contributed by atoms with E-state index in [2.05, 4.69) is 39.2 Å². The zero-order valence-electron chi connectivity index (χ0n) is 13.9. The van der Waals surface area contributed by atoms with Gasteiger partial charge in [-0.05, 0) is 65.0 Å². The van der Waals surface area contributed by atoms with E-state index in [4.69, 9.17) is 4.74 Å². The van der Waals surface area contributed by atoms with Crippen molar-refractivity contribution in [3.63, 3.8) is 0 Å². The van der Waals surface area contributed by atoms with Gasteiger partial charge in [-0.25, -0.2) is 4.98 Å². The molecule has 3 aromatic rings. The Balaban J connectivity index is 1.61. The monoisotopic (exact) mass is 416 g/mol. The Labute approximate surface area is 159 Å². The summed E-state index contributed by atoms with van der Waals surface area (Å²) >= 11 is 4.71. The summed E-state index contributed by atoms with van der Waals surface area (Å²) < 4.78 is 6.73. The Bertz CT molecular complexity index is 891. The van der Waals surface area contributed by atoms with Gasteiger partial charge in [0, 0.05) is 16.2 Å². The third-order valence-electron chi connectivity index (χ3n) is 3.57. The van der Waals surface area contributed by atoms with Gasteiger partial charge in [-0.2, -0.15) is 0 Å². The van der Waals surface area contributed by atoms with Crippen molar-refractivity contribution < 1.29 is 9.53 Å². The zero-order chi connectivity index (χ0) is 17.8. The quantitative estimate of drug-likeness (QED) is 0.609. The van der Waals surface area contributed by atoms with Gasteiger partial charge in [-0.1, -0.05) is 17.7 Å². The van der Waals surface area contributed by atoms with Crippen molar-refractivity contribution >= 4 is 39.0 Å². The average molecular weight is 417 g/mol. The van der Waals surface area contributed by atoms with E-state index >= 15 is 0 Å². The first-order valence-corrected chi connectivity index (χ1v) is 9.39. The van der Waals surface area contributed by atoms with Gasteiger partial charge in [0.2, 0.25) is 0 Å². The fourth-order valence-corrected chi connectivity index (χ4v) is 3.35. The maximum absolute atomic E-state index is 12.3. The van der Waals surface area contributed by atoms with Gasteiger partial charge < -0.3 is 10.1 Å². The Morgan fingerprint density at radius 3 is 2.80 bits per heavy atom. The molecule has 1 amide bonds. The highest BCUT2D eigenvalue weighted by molar-refractivity contribution is 9.10. The minimum absolute atomic E-state index is 0.169. The minimum Gasteiger partial charge on any atom is -0.489 e. The minimum atomic E-state index is -0.169. The van der Waals surface area contributed by atoms with Crippen LogP contribution in [0.4, 0.5) is 5.82 Å². The molecular formula is C19H17BrN2O2S. The fourth-order valence-electron chi connectivity index (χ4n) is 2.32. The molecule has 25 heavy (non-hydrogen) atoms. The summed E-state index contributed by atoms with van der Waals surface area (Å²) in [5, 5.41) is 4.72. The molecule has 0 saturated heterocycles.